The number of hydrogen-bond donors (Lipinski definition) is 0. The maximum absolute atomic E-state index is 11.6. The summed E-state index contributed by atoms with van der Waals surface area (Å²) in [5.74, 6) is -0.290. The summed E-state index contributed by atoms with van der Waals surface area (Å²) in [6.45, 7) is 18.3. The maximum Gasteiger partial charge on any atom is 0.494 e. The average molecular weight is 375 g/mol. The summed E-state index contributed by atoms with van der Waals surface area (Å²) in [5, 5.41) is 0. The molecule has 0 spiro atoms. The van der Waals surface area contributed by atoms with E-state index in [0.29, 0.717) is 18.7 Å². The molecule has 0 N–H and O–H groups in total. The molecule has 27 heavy (non-hydrogen) atoms. The highest BCUT2D eigenvalue weighted by atomic mass is 16.7. The second-order valence-corrected chi connectivity index (χ2v) is 7.53. The lowest BCUT2D eigenvalue weighted by Crippen LogP contribution is -2.41. The maximum atomic E-state index is 11.6. The third-order valence-corrected chi connectivity index (χ3v) is 4.77. The Morgan fingerprint density at radius 1 is 1.30 bits per heavy atom. The van der Waals surface area contributed by atoms with Crippen LogP contribution in [0.1, 0.15) is 54.9 Å². The molecule has 0 radical (unpaired) electrons. The highest BCUT2D eigenvalue weighted by Crippen LogP contribution is 2.39. The number of carbonyl (C=O) groups is 1. The van der Waals surface area contributed by atoms with E-state index in [1.807, 2.05) is 50.9 Å². The van der Waals surface area contributed by atoms with Crippen molar-refractivity contribution in [2.75, 3.05) is 13.2 Å². The molecule has 0 amide bonds. The first-order valence-corrected chi connectivity index (χ1v) is 9.54. The Morgan fingerprint density at radius 3 is 2.26 bits per heavy atom. The average Bonchev–Trinajstić information content (AvgIpc) is 2.83. The van der Waals surface area contributed by atoms with E-state index >= 15 is 0 Å². The van der Waals surface area contributed by atoms with Crippen LogP contribution in [0.2, 0.25) is 0 Å². The molecule has 1 fully saturated rings. The van der Waals surface area contributed by atoms with Gasteiger partial charge in [-0.1, -0.05) is 19.1 Å². The third-order valence-electron chi connectivity index (χ3n) is 4.77. The molecule has 150 valence electrons. The molecule has 2 heterocycles. The molecule has 0 aromatic carbocycles. The SMILES string of the molecule is C=CCC.CCOC(=O)/C(C)=C/N1C=CC(B2OC(C)(C)C(C)(C)O2)=CC1. The van der Waals surface area contributed by atoms with Crippen LogP contribution in [0.25, 0.3) is 0 Å². The molecular formula is C21H34BNO4. The van der Waals surface area contributed by atoms with Crippen LogP contribution >= 0.6 is 0 Å². The van der Waals surface area contributed by atoms with Gasteiger partial charge in [-0.2, -0.15) is 0 Å². The molecular weight excluding hydrogens is 341 g/mol. The summed E-state index contributed by atoms with van der Waals surface area (Å²) >= 11 is 0. The summed E-state index contributed by atoms with van der Waals surface area (Å²) in [7, 11) is -0.353. The Kier molecular flexibility index (Phi) is 8.57. The Balaban J connectivity index is 0.000000828. The minimum absolute atomic E-state index is 0.290. The van der Waals surface area contributed by atoms with E-state index in [9.17, 15) is 4.79 Å². The summed E-state index contributed by atoms with van der Waals surface area (Å²) in [4.78, 5) is 13.6. The monoisotopic (exact) mass is 375 g/mol. The van der Waals surface area contributed by atoms with Crippen molar-refractivity contribution in [1.29, 1.82) is 0 Å². The molecule has 0 bridgehead atoms. The molecule has 2 rings (SSSR count). The van der Waals surface area contributed by atoms with Crippen molar-refractivity contribution in [3.8, 4) is 0 Å². The van der Waals surface area contributed by atoms with E-state index in [1.165, 1.54) is 0 Å². The van der Waals surface area contributed by atoms with E-state index in [0.717, 1.165) is 11.9 Å². The summed E-state index contributed by atoms with van der Waals surface area (Å²) in [5.41, 5.74) is 0.888. The van der Waals surface area contributed by atoms with Gasteiger partial charge in [0.25, 0.3) is 0 Å². The van der Waals surface area contributed by atoms with E-state index in [4.69, 9.17) is 14.0 Å². The second kappa shape index (κ2) is 9.95. The second-order valence-electron chi connectivity index (χ2n) is 7.53. The molecule has 2 aliphatic rings. The van der Waals surface area contributed by atoms with Gasteiger partial charge in [0, 0.05) is 18.9 Å². The number of ether oxygens (including phenoxy) is 1. The first-order valence-electron chi connectivity index (χ1n) is 9.54. The molecule has 0 aromatic heterocycles. The number of hydrogen-bond acceptors (Lipinski definition) is 5. The minimum Gasteiger partial charge on any atom is -0.463 e. The van der Waals surface area contributed by atoms with Crippen LogP contribution in [-0.2, 0) is 18.8 Å². The fourth-order valence-electron chi connectivity index (χ4n) is 2.32. The Hall–Kier alpha value is -1.79. The fraction of sp³-hybridized carbons (Fsp3) is 0.571. The van der Waals surface area contributed by atoms with Gasteiger partial charge in [-0.15, -0.1) is 6.58 Å². The lowest BCUT2D eigenvalue weighted by Gasteiger charge is -2.32. The van der Waals surface area contributed by atoms with Crippen LogP contribution in [0, 0.1) is 0 Å². The predicted molar refractivity (Wildman–Crippen MR) is 111 cm³/mol. The molecule has 0 aliphatic carbocycles. The number of allylic oxidation sites excluding steroid dienone is 3. The van der Waals surface area contributed by atoms with E-state index in [1.54, 1.807) is 20.0 Å². The topological polar surface area (TPSA) is 48.0 Å². The quantitative estimate of drug-likeness (QED) is 0.308. The number of nitrogens with zero attached hydrogens (tertiary/aromatic N) is 1. The van der Waals surface area contributed by atoms with Gasteiger partial charge in [0.15, 0.2) is 0 Å². The van der Waals surface area contributed by atoms with E-state index in [-0.39, 0.29) is 24.3 Å². The zero-order chi connectivity index (χ0) is 20.7. The van der Waals surface area contributed by atoms with Crippen LogP contribution in [0.5, 0.6) is 0 Å². The summed E-state index contributed by atoms with van der Waals surface area (Å²) in [6, 6.07) is 0. The van der Waals surface area contributed by atoms with Crippen LogP contribution < -0.4 is 0 Å². The standard InChI is InChI=1S/C17H26BNO4.C4H8/c1-7-21-15(20)13(2)12-19-10-8-14(9-11-19)18-22-16(3,4)17(5,6)23-18;1-3-4-2/h8-10,12H,7,11H2,1-6H3;3H,1,4H2,2H3/b13-12+;. The molecule has 0 saturated carbocycles. The van der Waals surface area contributed by atoms with Crippen molar-refractivity contribution in [3.63, 3.8) is 0 Å². The molecule has 5 nitrogen and oxygen atoms in total. The minimum atomic E-state index is -0.353. The molecule has 2 aliphatic heterocycles. The van der Waals surface area contributed by atoms with Crippen molar-refractivity contribution >= 4 is 13.1 Å². The molecule has 1 saturated heterocycles. The van der Waals surface area contributed by atoms with Crippen molar-refractivity contribution in [1.82, 2.24) is 4.90 Å². The van der Waals surface area contributed by atoms with E-state index < -0.39 is 0 Å². The van der Waals surface area contributed by atoms with Crippen molar-refractivity contribution < 1.29 is 18.8 Å². The zero-order valence-electron chi connectivity index (χ0n) is 17.9. The zero-order valence-corrected chi connectivity index (χ0v) is 17.9. The normalized spacial score (nSPS) is 20.6. The lowest BCUT2D eigenvalue weighted by atomic mass is 9.77. The van der Waals surface area contributed by atoms with Crippen LogP contribution in [0.3, 0.4) is 0 Å². The highest BCUT2D eigenvalue weighted by molar-refractivity contribution is 6.55. The van der Waals surface area contributed by atoms with Crippen molar-refractivity contribution in [2.45, 2.75) is 66.1 Å². The van der Waals surface area contributed by atoms with Crippen LogP contribution in [0.4, 0.5) is 0 Å². The van der Waals surface area contributed by atoms with Crippen molar-refractivity contribution in [2.24, 2.45) is 0 Å². The van der Waals surface area contributed by atoms with Gasteiger partial charge in [0.05, 0.1) is 23.4 Å². The Labute approximate surface area is 164 Å². The highest BCUT2D eigenvalue weighted by Gasteiger charge is 2.52. The third kappa shape index (κ3) is 6.40. The van der Waals surface area contributed by atoms with Gasteiger partial charge in [-0.05, 0) is 59.5 Å². The van der Waals surface area contributed by atoms with Gasteiger partial charge in [-0.3, -0.25) is 0 Å². The Bertz CT molecular complexity index is 604. The number of rotatable bonds is 5. The predicted octanol–water partition coefficient (Wildman–Crippen LogP) is 4.42. The lowest BCUT2D eigenvalue weighted by molar-refractivity contribution is -0.138. The largest absolute Gasteiger partial charge is 0.494 e. The number of carbonyl (C=O) groups excluding carboxylic acids is 1. The van der Waals surface area contributed by atoms with Gasteiger partial charge in [0.2, 0.25) is 0 Å². The van der Waals surface area contributed by atoms with Crippen molar-refractivity contribution in [3.05, 3.63) is 48.3 Å². The van der Waals surface area contributed by atoms with Gasteiger partial charge >= 0.3 is 13.1 Å². The first-order chi connectivity index (χ1) is 12.6. The summed E-state index contributed by atoms with van der Waals surface area (Å²) in [6.07, 6.45) is 10.7. The molecule has 0 unspecified atom stereocenters. The van der Waals surface area contributed by atoms with Crippen LogP contribution in [-0.4, -0.2) is 42.3 Å². The molecule has 6 heteroatoms. The number of esters is 1. The fourth-order valence-corrected chi connectivity index (χ4v) is 2.32. The first kappa shape index (κ1) is 23.3. The summed E-state index contributed by atoms with van der Waals surface area (Å²) < 4.78 is 17.1. The molecule has 0 atom stereocenters. The van der Waals surface area contributed by atoms with E-state index in [2.05, 4.69) is 19.6 Å². The van der Waals surface area contributed by atoms with Gasteiger partial charge in [-0.25, -0.2) is 4.79 Å². The molecule has 0 aromatic rings. The van der Waals surface area contributed by atoms with Crippen LogP contribution in [0.15, 0.2) is 48.3 Å². The Morgan fingerprint density at radius 2 is 1.85 bits per heavy atom. The smallest absolute Gasteiger partial charge is 0.463 e. The van der Waals surface area contributed by atoms with Gasteiger partial charge < -0.3 is 18.9 Å². The van der Waals surface area contributed by atoms with Gasteiger partial charge in [0.1, 0.15) is 0 Å².